The number of pyridine rings is 1. The Hall–Kier alpha value is -3.84. The summed E-state index contributed by atoms with van der Waals surface area (Å²) in [7, 11) is 0. The van der Waals surface area contributed by atoms with Gasteiger partial charge in [-0.25, -0.2) is 0 Å². The molecule has 0 radical (unpaired) electrons. The molecule has 8 heteroatoms. The third-order valence-corrected chi connectivity index (χ3v) is 6.32. The van der Waals surface area contributed by atoms with Crippen molar-refractivity contribution in [2.24, 2.45) is 0 Å². The fraction of sp³-hybridized carbons (Fsp3) is 0.276. The molecule has 1 atom stereocenters. The van der Waals surface area contributed by atoms with Gasteiger partial charge in [0.2, 0.25) is 0 Å². The maximum atomic E-state index is 13.3. The fourth-order valence-corrected chi connectivity index (χ4v) is 4.38. The first-order valence-corrected chi connectivity index (χ1v) is 12.6. The topological polar surface area (TPSA) is 89.0 Å². The van der Waals surface area contributed by atoms with Gasteiger partial charge in [-0.1, -0.05) is 37.1 Å². The lowest BCUT2D eigenvalue weighted by Crippen LogP contribution is -2.29. The second-order valence-electron chi connectivity index (χ2n) is 8.64. The number of aliphatic hydroxyl groups excluding tert-OH is 1. The zero-order chi connectivity index (χ0) is 26.4. The van der Waals surface area contributed by atoms with Gasteiger partial charge in [0.1, 0.15) is 5.76 Å². The first kappa shape index (κ1) is 26.2. The molecule has 0 saturated carbocycles. The van der Waals surface area contributed by atoms with Crippen LogP contribution in [0.4, 0.5) is 0 Å². The third kappa shape index (κ3) is 5.78. The number of rotatable bonds is 10. The number of amides is 1. The lowest BCUT2D eigenvalue weighted by atomic mass is 9.95. The molecular formula is C29H29ClN2O5. The average Bonchev–Trinajstić information content (AvgIpc) is 3.15. The van der Waals surface area contributed by atoms with Crippen LogP contribution in [0.1, 0.15) is 49.4 Å². The molecule has 1 aliphatic heterocycles. The van der Waals surface area contributed by atoms with Gasteiger partial charge < -0.3 is 19.5 Å². The molecule has 1 amide bonds. The maximum Gasteiger partial charge on any atom is 0.295 e. The summed E-state index contributed by atoms with van der Waals surface area (Å²) in [6, 6.07) is 14.6. The summed E-state index contributed by atoms with van der Waals surface area (Å²) in [6.07, 6.45) is 5.18. The molecule has 37 heavy (non-hydrogen) atoms. The number of Topliss-reactive ketones (excluding diaryl/α,β-unsaturated/α-hetero) is 1. The van der Waals surface area contributed by atoms with Crippen LogP contribution in [0.5, 0.6) is 11.5 Å². The van der Waals surface area contributed by atoms with Crippen molar-refractivity contribution < 1.29 is 24.2 Å². The highest BCUT2D eigenvalue weighted by Crippen LogP contribution is 2.42. The van der Waals surface area contributed by atoms with Crippen molar-refractivity contribution in [2.45, 2.75) is 39.3 Å². The smallest absolute Gasteiger partial charge is 0.295 e. The standard InChI is InChI=1S/C29H29ClN2O5/c1-3-5-15-37-23-13-10-21(16-24(23)36-4-2)26-25(27(33)20-8-11-22(30)12-9-20)28(34)29(35)32(26)18-19-7-6-14-31-17-19/h6-14,16-17,26,33H,3-5,15,18H2,1-2H3. The lowest BCUT2D eigenvalue weighted by molar-refractivity contribution is -0.140. The zero-order valence-corrected chi connectivity index (χ0v) is 21.6. The van der Waals surface area contributed by atoms with Crippen molar-refractivity contribution in [3.63, 3.8) is 0 Å². The molecule has 1 N–H and O–H groups in total. The largest absolute Gasteiger partial charge is 0.507 e. The van der Waals surface area contributed by atoms with E-state index in [1.165, 1.54) is 4.90 Å². The minimum absolute atomic E-state index is 0.00156. The summed E-state index contributed by atoms with van der Waals surface area (Å²) in [4.78, 5) is 32.2. The molecule has 7 nitrogen and oxygen atoms in total. The molecule has 3 aromatic rings. The highest BCUT2D eigenvalue weighted by Gasteiger charge is 2.46. The van der Waals surface area contributed by atoms with E-state index >= 15 is 0 Å². The lowest BCUT2D eigenvalue weighted by Gasteiger charge is -2.26. The molecule has 1 unspecified atom stereocenters. The normalized spacial score (nSPS) is 16.7. The number of hydrogen-bond donors (Lipinski definition) is 1. The molecule has 1 fully saturated rings. The van der Waals surface area contributed by atoms with Gasteiger partial charge in [0.25, 0.3) is 11.7 Å². The number of hydrogen-bond acceptors (Lipinski definition) is 6. The van der Waals surface area contributed by atoms with Gasteiger partial charge in [-0.3, -0.25) is 14.6 Å². The molecular weight excluding hydrogens is 492 g/mol. The predicted molar refractivity (Wildman–Crippen MR) is 142 cm³/mol. The second-order valence-corrected chi connectivity index (χ2v) is 9.07. The summed E-state index contributed by atoms with van der Waals surface area (Å²) in [6.45, 7) is 5.05. The summed E-state index contributed by atoms with van der Waals surface area (Å²) in [5.41, 5.74) is 1.76. The molecule has 2 aromatic carbocycles. The summed E-state index contributed by atoms with van der Waals surface area (Å²) in [5, 5.41) is 11.7. The Kier molecular flexibility index (Phi) is 8.46. The fourth-order valence-electron chi connectivity index (χ4n) is 4.25. The van der Waals surface area contributed by atoms with Gasteiger partial charge in [0.05, 0.1) is 24.8 Å². The number of ketones is 1. The molecule has 0 aliphatic carbocycles. The number of carbonyl (C=O) groups is 2. The van der Waals surface area contributed by atoms with Crippen molar-refractivity contribution in [1.29, 1.82) is 0 Å². The second kappa shape index (κ2) is 11.9. The average molecular weight is 521 g/mol. The summed E-state index contributed by atoms with van der Waals surface area (Å²) < 4.78 is 11.8. The van der Waals surface area contributed by atoms with Crippen LogP contribution in [0.2, 0.25) is 5.02 Å². The number of aliphatic hydroxyl groups is 1. The van der Waals surface area contributed by atoms with E-state index in [1.807, 2.05) is 13.0 Å². The minimum atomic E-state index is -0.847. The van der Waals surface area contributed by atoms with Crippen molar-refractivity contribution >= 4 is 29.1 Å². The number of likely N-dealkylation sites (tertiary alicyclic amines) is 1. The van der Waals surface area contributed by atoms with Crippen molar-refractivity contribution in [1.82, 2.24) is 9.88 Å². The number of carbonyl (C=O) groups excluding carboxylic acids is 2. The highest BCUT2D eigenvalue weighted by atomic mass is 35.5. The van der Waals surface area contributed by atoms with E-state index in [0.29, 0.717) is 40.9 Å². The van der Waals surface area contributed by atoms with E-state index in [0.717, 1.165) is 18.4 Å². The number of halogens is 1. The van der Waals surface area contributed by atoms with Crippen LogP contribution < -0.4 is 9.47 Å². The van der Waals surface area contributed by atoms with Gasteiger partial charge in [-0.2, -0.15) is 0 Å². The Morgan fingerprint density at radius 2 is 1.84 bits per heavy atom. The van der Waals surface area contributed by atoms with Crippen LogP contribution in [0.15, 0.2) is 72.6 Å². The molecule has 0 spiro atoms. The van der Waals surface area contributed by atoms with E-state index in [4.69, 9.17) is 21.1 Å². The third-order valence-electron chi connectivity index (χ3n) is 6.07. The summed E-state index contributed by atoms with van der Waals surface area (Å²) in [5.74, 6) is -0.640. The zero-order valence-electron chi connectivity index (χ0n) is 20.8. The van der Waals surface area contributed by atoms with Gasteiger partial charge >= 0.3 is 0 Å². The molecule has 1 aromatic heterocycles. The van der Waals surface area contributed by atoms with E-state index in [-0.39, 0.29) is 17.9 Å². The molecule has 1 aliphatic rings. The van der Waals surface area contributed by atoms with E-state index in [9.17, 15) is 14.7 Å². The first-order valence-electron chi connectivity index (χ1n) is 12.3. The monoisotopic (exact) mass is 520 g/mol. The van der Waals surface area contributed by atoms with E-state index < -0.39 is 17.7 Å². The quantitative estimate of drug-likeness (QED) is 0.154. The number of benzene rings is 2. The Balaban J connectivity index is 1.83. The SMILES string of the molecule is CCCCOc1ccc(C2C(=C(O)c3ccc(Cl)cc3)C(=O)C(=O)N2Cc2cccnc2)cc1OCC. The molecule has 2 heterocycles. The van der Waals surface area contributed by atoms with Gasteiger partial charge in [0, 0.05) is 29.5 Å². The van der Waals surface area contributed by atoms with Crippen molar-refractivity contribution in [2.75, 3.05) is 13.2 Å². The number of ether oxygens (including phenoxy) is 2. The van der Waals surface area contributed by atoms with Gasteiger partial charge in [0.15, 0.2) is 11.5 Å². The van der Waals surface area contributed by atoms with Crippen LogP contribution in [-0.4, -0.2) is 39.9 Å². The Morgan fingerprint density at radius 1 is 1.05 bits per heavy atom. The summed E-state index contributed by atoms with van der Waals surface area (Å²) >= 11 is 6.01. The Labute approximate surface area is 221 Å². The van der Waals surface area contributed by atoms with Gasteiger partial charge in [-0.15, -0.1) is 0 Å². The Morgan fingerprint density at radius 3 is 2.51 bits per heavy atom. The van der Waals surface area contributed by atoms with E-state index in [2.05, 4.69) is 11.9 Å². The molecule has 1 saturated heterocycles. The van der Waals surface area contributed by atoms with Crippen molar-refractivity contribution in [3.05, 3.63) is 94.3 Å². The van der Waals surface area contributed by atoms with Crippen molar-refractivity contribution in [3.8, 4) is 11.5 Å². The molecule has 0 bridgehead atoms. The number of aromatic nitrogens is 1. The van der Waals surface area contributed by atoms with E-state index in [1.54, 1.807) is 60.9 Å². The minimum Gasteiger partial charge on any atom is -0.507 e. The highest BCUT2D eigenvalue weighted by molar-refractivity contribution is 6.46. The number of nitrogens with zero attached hydrogens (tertiary/aromatic N) is 2. The molecule has 192 valence electrons. The Bertz CT molecular complexity index is 1290. The van der Waals surface area contributed by atoms with Crippen LogP contribution in [0, 0.1) is 0 Å². The van der Waals surface area contributed by atoms with Gasteiger partial charge in [-0.05, 0) is 66.9 Å². The van der Waals surface area contributed by atoms with Crippen LogP contribution in [-0.2, 0) is 16.1 Å². The predicted octanol–water partition coefficient (Wildman–Crippen LogP) is 5.93. The van der Waals surface area contributed by atoms with Crippen LogP contribution in [0.3, 0.4) is 0 Å². The molecule has 4 rings (SSSR count). The number of unbranched alkanes of at least 4 members (excludes halogenated alkanes) is 1. The van der Waals surface area contributed by atoms with Crippen LogP contribution >= 0.6 is 11.6 Å². The van der Waals surface area contributed by atoms with Crippen LogP contribution in [0.25, 0.3) is 5.76 Å². The first-order chi connectivity index (χ1) is 17.9. The maximum absolute atomic E-state index is 13.3.